The zero-order valence-electron chi connectivity index (χ0n) is 13.8. The lowest BCUT2D eigenvalue weighted by Gasteiger charge is -2.16. The average Bonchev–Trinajstić information content (AvgIpc) is 2.61. The molecule has 0 aliphatic rings. The van der Waals surface area contributed by atoms with Crippen molar-refractivity contribution in [2.45, 2.75) is 4.90 Å². The molecule has 2 aromatic rings. The normalized spacial score (nSPS) is 10.2. The number of nitro groups is 1. The van der Waals surface area contributed by atoms with Gasteiger partial charge in [-0.05, 0) is 36.4 Å². The van der Waals surface area contributed by atoms with Crippen molar-refractivity contribution in [3.05, 3.63) is 63.7 Å². The maximum absolute atomic E-state index is 12.1. The van der Waals surface area contributed by atoms with E-state index in [4.69, 9.17) is 11.6 Å². The molecule has 0 unspecified atom stereocenters. The zero-order chi connectivity index (χ0) is 19.1. The van der Waals surface area contributed by atoms with Crippen LogP contribution in [-0.2, 0) is 9.59 Å². The largest absolute Gasteiger partial charge is 0.336 e. The van der Waals surface area contributed by atoms with Crippen LogP contribution in [0.3, 0.4) is 0 Å². The fourth-order valence-electron chi connectivity index (χ4n) is 1.96. The molecule has 2 amide bonds. The van der Waals surface area contributed by atoms with Crippen molar-refractivity contribution in [3.8, 4) is 0 Å². The van der Waals surface area contributed by atoms with Crippen molar-refractivity contribution in [2.75, 3.05) is 24.7 Å². The lowest BCUT2D eigenvalue weighted by Crippen LogP contribution is -2.35. The molecule has 0 aliphatic carbocycles. The highest BCUT2D eigenvalue weighted by Crippen LogP contribution is 2.21. The number of likely N-dealkylation sites (N-methyl/N-ethyl adjacent to an activating group) is 1. The van der Waals surface area contributed by atoms with Gasteiger partial charge in [0.15, 0.2) is 0 Å². The fourth-order valence-corrected chi connectivity index (χ4v) is 2.92. The van der Waals surface area contributed by atoms with E-state index >= 15 is 0 Å². The van der Waals surface area contributed by atoms with Gasteiger partial charge in [0.05, 0.1) is 17.2 Å². The van der Waals surface area contributed by atoms with E-state index in [2.05, 4.69) is 5.32 Å². The third-order valence-corrected chi connectivity index (χ3v) is 4.59. The molecule has 2 rings (SSSR count). The summed E-state index contributed by atoms with van der Waals surface area (Å²) < 4.78 is 0. The number of thioether (sulfide) groups is 1. The Balaban J connectivity index is 1.80. The van der Waals surface area contributed by atoms with E-state index in [1.807, 2.05) is 0 Å². The fraction of sp³-hybridized carbons (Fsp3) is 0.176. The van der Waals surface area contributed by atoms with Crippen LogP contribution in [0.25, 0.3) is 0 Å². The summed E-state index contributed by atoms with van der Waals surface area (Å²) in [4.78, 5) is 36.3. The lowest BCUT2D eigenvalue weighted by molar-refractivity contribution is -0.384. The van der Waals surface area contributed by atoms with Gasteiger partial charge in [-0.3, -0.25) is 19.7 Å². The van der Waals surface area contributed by atoms with Gasteiger partial charge in [-0.25, -0.2) is 0 Å². The van der Waals surface area contributed by atoms with E-state index in [-0.39, 0.29) is 29.8 Å². The Morgan fingerprint density at radius 3 is 2.35 bits per heavy atom. The second kappa shape index (κ2) is 9.21. The van der Waals surface area contributed by atoms with Gasteiger partial charge in [0.1, 0.15) is 0 Å². The van der Waals surface area contributed by atoms with Gasteiger partial charge < -0.3 is 10.2 Å². The lowest BCUT2D eigenvalue weighted by atomic mass is 10.3. The first-order valence-corrected chi connectivity index (χ1v) is 8.88. The van der Waals surface area contributed by atoms with Crippen molar-refractivity contribution < 1.29 is 14.5 Å². The highest BCUT2D eigenvalue weighted by Gasteiger charge is 2.14. The minimum absolute atomic E-state index is 0.00309. The molecule has 9 heteroatoms. The monoisotopic (exact) mass is 393 g/mol. The molecule has 0 aliphatic heterocycles. The van der Waals surface area contributed by atoms with E-state index in [0.717, 1.165) is 4.90 Å². The molecule has 2 aromatic carbocycles. The summed E-state index contributed by atoms with van der Waals surface area (Å²) in [5, 5.41) is 13.9. The van der Waals surface area contributed by atoms with E-state index in [1.54, 1.807) is 43.4 Å². The molecule has 0 bridgehead atoms. The molecule has 0 saturated heterocycles. The van der Waals surface area contributed by atoms with Crippen LogP contribution in [-0.4, -0.2) is 41.0 Å². The Kier molecular flexibility index (Phi) is 6.99. The minimum atomic E-state index is -0.479. The summed E-state index contributed by atoms with van der Waals surface area (Å²) in [6, 6.07) is 12.6. The van der Waals surface area contributed by atoms with Crippen molar-refractivity contribution >= 4 is 46.6 Å². The number of rotatable bonds is 7. The second-order valence-corrected chi connectivity index (χ2v) is 6.83. The predicted molar refractivity (Wildman–Crippen MR) is 102 cm³/mol. The number of nitrogens with one attached hydrogen (secondary N) is 1. The second-order valence-electron chi connectivity index (χ2n) is 5.34. The van der Waals surface area contributed by atoms with Crippen LogP contribution in [0.4, 0.5) is 11.4 Å². The molecule has 0 radical (unpaired) electrons. The molecule has 0 aromatic heterocycles. The number of carbonyl (C=O) groups excluding carboxylic acids is 2. The van der Waals surface area contributed by atoms with Crippen LogP contribution < -0.4 is 5.32 Å². The van der Waals surface area contributed by atoms with Gasteiger partial charge in [-0.15, -0.1) is 11.8 Å². The molecule has 1 N–H and O–H groups in total. The van der Waals surface area contributed by atoms with Crippen molar-refractivity contribution in [2.24, 2.45) is 0 Å². The maximum atomic E-state index is 12.1. The average molecular weight is 394 g/mol. The summed E-state index contributed by atoms with van der Waals surface area (Å²) in [6.07, 6.45) is 0. The zero-order valence-corrected chi connectivity index (χ0v) is 15.4. The Morgan fingerprint density at radius 1 is 1.15 bits per heavy atom. The first kappa shape index (κ1) is 19.7. The number of non-ortho nitro benzene ring substituents is 1. The molecule has 0 atom stereocenters. The number of anilines is 1. The Bertz CT molecular complexity index is 797. The molecule has 0 heterocycles. The number of hydrogen-bond donors (Lipinski definition) is 1. The quantitative estimate of drug-likeness (QED) is 0.442. The van der Waals surface area contributed by atoms with Gasteiger partial charge in [-0.2, -0.15) is 0 Å². The number of halogens is 1. The highest BCUT2D eigenvalue weighted by molar-refractivity contribution is 8.00. The first-order chi connectivity index (χ1) is 12.3. The van der Waals surface area contributed by atoms with Crippen LogP contribution >= 0.6 is 23.4 Å². The standard InChI is InChI=1S/C17H16ClN3O4S/c1-20(10-16(22)19-13-4-2-12(18)3-5-13)17(23)11-26-15-8-6-14(7-9-15)21(24)25/h2-9H,10-11H2,1H3,(H,19,22). The van der Waals surface area contributed by atoms with E-state index in [0.29, 0.717) is 10.7 Å². The third kappa shape index (κ3) is 6.05. The van der Waals surface area contributed by atoms with Crippen LogP contribution in [0.5, 0.6) is 0 Å². The first-order valence-electron chi connectivity index (χ1n) is 7.52. The predicted octanol–water partition coefficient (Wildman–Crippen LogP) is 3.44. The smallest absolute Gasteiger partial charge is 0.269 e. The third-order valence-electron chi connectivity index (χ3n) is 3.34. The van der Waals surface area contributed by atoms with Gasteiger partial charge in [0.2, 0.25) is 11.8 Å². The summed E-state index contributed by atoms with van der Waals surface area (Å²) >= 11 is 7.03. The number of amides is 2. The minimum Gasteiger partial charge on any atom is -0.336 e. The summed E-state index contributed by atoms with van der Waals surface area (Å²) in [7, 11) is 1.54. The molecule has 136 valence electrons. The number of nitrogens with zero attached hydrogens (tertiary/aromatic N) is 2. The van der Waals surface area contributed by atoms with Gasteiger partial charge in [0.25, 0.3) is 5.69 Å². The molecule has 26 heavy (non-hydrogen) atoms. The van der Waals surface area contributed by atoms with E-state index in [9.17, 15) is 19.7 Å². The van der Waals surface area contributed by atoms with Crippen LogP contribution in [0, 0.1) is 10.1 Å². The molecule has 0 fully saturated rings. The summed E-state index contributed by atoms with van der Waals surface area (Å²) in [6.45, 7) is -0.0811. The van der Waals surface area contributed by atoms with Crippen LogP contribution in [0.15, 0.2) is 53.4 Å². The summed E-state index contributed by atoms with van der Waals surface area (Å²) in [5.41, 5.74) is 0.595. The molecular weight excluding hydrogens is 378 g/mol. The van der Waals surface area contributed by atoms with E-state index < -0.39 is 4.92 Å². The molecule has 7 nitrogen and oxygen atoms in total. The number of carbonyl (C=O) groups is 2. The SMILES string of the molecule is CN(CC(=O)Nc1ccc(Cl)cc1)C(=O)CSc1ccc([N+](=O)[O-])cc1. The van der Waals surface area contributed by atoms with Crippen LogP contribution in [0.2, 0.25) is 5.02 Å². The Labute approximate surface area is 159 Å². The number of nitro benzene ring substituents is 1. The number of benzene rings is 2. The molecular formula is C17H16ClN3O4S. The number of hydrogen-bond acceptors (Lipinski definition) is 5. The topological polar surface area (TPSA) is 92.6 Å². The molecule has 0 spiro atoms. The molecule has 0 saturated carbocycles. The van der Waals surface area contributed by atoms with Gasteiger partial charge >= 0.3 is 0 Å². The Hall–Kier alpha value is -2.58. The van der Waals surface area contributed by atoms with Crippen molar-refractivity contribution in [1.29, 1.82) is 0 Å². The Morgan fingerprint density at radius 2 is 1.77 bits per heavy atom. The summed E-state index contributed by atoms with van der Waals surface area (Å²) in [5.74, 6) is -0.411. The highest BCUT2D eigenvalue weighted by atomic mass is 35.5. The van der Waals surface area contributed by atoms with Gasteiger partial charge in [-0.1, -0.05) is 11.6 Å². The van der Waals surface area contributed by atoms with Crippen molar-refractivity contribution in [1.82, 2.24) is 4.90 Å². The van der Waals surface area contributed by atoms with Crippen molar-refractivity contribution in [3.63, 3.8) is 0 Å². The van der Waals surface area contributed by atoms with Gasteiger partial charge in [0, 0.05) is 34.8 Å². The maximum Gasteiger partial charge on any atom is 0.269 e. The van der Waals surface area contributed by atoms with Crippen LogP contribution in [0.1, 0.15) is 0 Å². The van der Waals surface area contributed by atoms with E-state index in [1.165, 1.54) is 28.8 Å².